The number of imidazole rings is 1. The van der Waals surface area contributed by atoms with E-state index >= 15 is 0 Å². The van der Waals surface area contributed by atoms with Crippen molar-refractivity contribution in [3.63, 3.8) is 0 Å². The van der Waals surface area contributed by atoms with Crippen molar-refractivity contribution in [1.82, 2.24) is 15.3 Å². The van der Waals surface area contributed by atoms with Gasteiger partial charge in [0.15, 0.2) is 5.95 Å². The lowest BCUT2D eigenvalue weighted by Crippen LogP contribution is -2.24. The molecule has 4 N–H and O–H groups in total. The second-order valence-electron chi connectivity index (χ2n) is 5.09. The predicted molar refractivity (Wildman–Crippen MR) is 83.7 cm³/mol. The van der Waals surface area contributed by atoms with Crippen LogP contribution in [0.5, 0.6) is 0 Å². The minimum atomic E-state index is 0.0721. The minimum absolute atomic E-state index is 0.0721. The fraction of sp³-hybridized carbons (Fsp3) is 0.375. The first-order valence-electron chi connectivity index (χ1n) is 7.34. The molecule has 1 amide bonds. The average Bonchev–Trinajstić information content (AvgIpc) is 2.91. The largest absolute Gasteiger partial charge is 0.369 e. The maximum Gasteiger partial charge on any atom is 0.220 e. The smallest absolute Gasteiger partial charge is 0.220 e. The molecule has 0 aliphatic heterocycles. The third-order valence-electron chi connectivity index (χ3n) is 3.33. The lowest BCUT2D eigenvalue weighted by molar-refractivity contribution is -0.121. The summed E-state index contributed by atoms with van der Waals surface area (Å²) in [5.41, 5.74) is 7.72. The molecule has 0 saturated heterocycles. The van der Waals surface area contributed by atoms with Crippen LogP contribution in [0, 0.1) is 0 Å². The summed E-state index contributed by atoms with van der Waals surface area (Å²) in [5.74, 6) is 0.467. The topological polar surface area (TPSA) is 83.8 Å². The molecule has 5 nitrogen and oxygen atoms in total. The molecule has 0 saturated carbocycles. The Morgan fingerprint density at radius 2 is 2.00 bits per heavy atom. The monoisotopic (exact) mass is 286 g/mol. The Hall–Kier alpha value is -2.30. The van der Waals surface area contributed by atoms with Crippen molar-refractivity contribution in [2.75, 3.05) is 12.3 Å². The predicted octanol–water partition coefficient (Wildman–Crippen LogP) is 2.06. The number of benzene rings is 1. The number of rotatable bonds is 8. The molecule has 0 radical (unpaired) electrons. The van der Waals surface area contributed by atoms with Crippen LogP contribution in [-0.2, 0) is 17.6 Å². The maximum absolute atomic E-state index is 11.7. The molecule has 5 heteroatoms. The Labute approximate surface area is 125 Å². The van der Waals surface area contributed by atoms with Crippen molar-refractivity contribution in [3.8, 4) is 0 Å². The first-order valence-corrected chi connectivity index (χ1v) is 7.34. The summed E-state index contributed by atoms with van der Waals surface area (Å²) in [4.78, 5) is 18.5. The summed E-state index contributed by atoms with van der Waals surface area (Å²) in [7, 11) is 0. The molecule has 1 heterocycles. The summed E-state index contributed by atoms with van der Waals surface area (Å²) in [6, 6.07) is 10.4. The standard InChI is InChI=1S/C16H22N4O/c17-16-19-12-14(20-16)9-10-15(21)18-11-5-4-8-13-6-2-1-3-7-13/h1-3,6-7,12H,4-5,8-11H2,(H,18,21)(H3,17,19,20). The average molecular weight is 286 g/mol. The molecule has 2 rings (SSSR count). The SMILES string of the molecule is Nc1ncc(CCC(=O)NCCCCc2ccccc2)[nH]1. The van der Waals surface area contributed by atoms with Crippen LogP contribution in [0.15, 0.2) is 36.5 Å². The number of aromatic nitrogens is 2. The van der Waals surface area contributed by atoms with Crippen LogP contribution in [0.1, 0.15) is 30.5 Å². The van der Waals surface area contributed by atoms with Gasteiger partial charge < -0.3 is 16.0 Å². The van der Waals surface area contributed by atoms with Crippen molar-refractivity contribution in [2.45, 2.75) is 32.1 Å². The first-order chi connectivity index (χ1) is 10.2. The fourth-order valence-electron chi connectivity index (χ4n) is 2.17. The van der Waals surface area contributed by atoms with Gasteiger partial charge in [-0.1, -0.05) is 30.3 Å². The van der Waals surface area contributed by atoms with Crippen molar-refractivity contribution in [2.24, 2.45) is 0 Å². The molecule has 1 aromatic carbocycles. The molecule has 21 heavy (non-hydrogen) atoms. The zero-order valence-electron chi connectivity index (χ0n) is 12.1. The Morgan fingerprint density at radius 1 is 1.19 bits per heavy atom. The van der Waals surface area contributed by atoms with E-state index in [9.17, 15) is 4.79 Å². The van der Waals surface area contributed by atoms with Crippen LogP contribution in [-0.4, -0.2) is 22.4 Å². The number of hydrogen-bond acceptors (Lipinski definition) is 3. The van der Waals surface area contributed by atoms with Crippen LogP contribution < -0.4 is 11.1 Å². The number of unbranched alkanes of at least 4 members (excludes halogenated alkanes) is 1. The molecule has 0 aliphatic carbocycles. The van der Waals surface area contributed by atoms with E-state index in [4.69, 9.17) is 5.73 Å². The van der Waals surface area contributed by atoms with Crippen LogP contribution in [0.3, 0.4) is 0 Å². The number of carbonyl (C=O) groups is 1. The summed E-state index contributed by atoms with van der Waals surface area (Å²) in [6.07, 6.45) is 5.91. The highest BCUT2D eigenvalue weighted by Gasteiger charge is 2.03. The Morgan fingerprint density at radius 3 is 2.71 bits per heavy atom. The number of nitrogen functional groups attached to an aromatic ring is 1. The number of amides is 1. The first kappa shape index (κ1) is 15.1. The number of hydrogen-bond donors (Lipinski definition) is 3. The number of nitrogens with zero attached hydrogens (tertiary/aromatic N) is 1. The molecule has 0 aliphatic rings. The fourth-order valence-corrected chi connectivity index (χ4v) is 2.17. The lowest BCUT2D eigenvalue weighted by atomic mass is 10.1. The van der Waals surface area contributed by atoms with Gasteiger partial charge in [0.2, 0.25) is 5.91 Å². The van der Waals surface area contributed by atoms with Gasteiger partial charge in [-0.15, -0.1) is 0 Å². The number of nitrogens with two attached hydrogens (primary N) is 1. The molecule has 0 bridgehead atoms. The Kier molecular flexibility index (Phi) is 5.82. The highest BCUT2D eigenvalue weighted by Crippen LogP contribution is 2.04. The molecule has 0 spiro atoms. The van der Waals surface area contributed by atoms with Crippen LogP contribution in [0.4, 0.5) is 5.95 Å². The third-order valence-corrected chi connectivity index (χ3v) is 3.33. The summed E-state index contributed by atoms with van der Waals surface area (Å²) in [6.45, 7) is 0.733. The van der Waals surface area contributed by atoms with Gasteiger partial charge in [-0.05, 0) is 31.2 Å². The molecule has 0 atom stereocenters. The summed E-state index contributed by atoms with van der Waals surface area (Å²) >= 11 is 0. The van der Waals surface area contributed by atoms with E-state index in [-0.39, 0.29) is 5.91 Å². The molecule has 0 fully saturated rings. The van der Waals surface area contributed by atoms with E-state index in [0.29, 0.717) is 18.8 Å². The highest BCUT2D eigenvalue weighted by atomic mass is 16.1. The van der Waals surface area contributed by atoms with Gasteiger partial charge in [-0.3, -0.25) is 4.79 Å². The van der Waals surface area contributed by atoms with Crippen LogP contribution >= 0.6 is 0 Å². The second kappa shape index (κ2) is 8.09. The quantitative estimate of drug-likeness (QED) is 0.649. The van der Waals surface area contributed by atoms with Gasteiger partial charge in [0.1, 0.15) is 0 Å². The van der Waals surface area contributed by atoms with E-state index in [1.165, 1.54) is 5.56 Å². The van der Waals surface area contributed by atoms with E-state index < -0.39 is 0 Å². The zero-order chi connectivity index (χ0) is 14.9. The lowest BCUT2D eigenvalue weighted by Gasteiger charge is -2.05. The van der Waals surface area contributed by atoms with E-state index in [1.807, 2.05) is 6.07 Å². The van der Waals surface area contributed by atoms with Crippen molar-refractivity contribution < 1.29 is 4.79 Å². The number of aryl methyl sites for hydroxylation is 2. The normalized spacial score (nSPS) is 10.5. The van der Waals surface area contributed by atoms with E-state index in [0.717, 1.165) is 31.5 Å². The minimum Gasteiger partial charge on any atom is -0.369 e. The number of H-pyrrole nitrogens is 1. The number of carbonyl (C=O) groups excluding carboxylic acids is 1. The van der Waals surface area contributed by atoms with Gasteiger partial charge in [0.25, 0.3) is 0 Å². The molecular formula is C16H22N4O. The second-order valence-corrected chi connectivity index (χ2v) is 5.09. The van der Waals surface area contributed by atoms with Gasteiger partial charge in [0.05, 0.1) is 6.20 Å². The van der Waals surface area contributed by atoms with Crippen LogP contribution in [0.25, 0.3) is 0 Å². The van der Waals surface area contributed by atoms with Gasteiger partial charge in [-0.2, -0.15) is 0 Å². The number of aromatic amines is 1. The van der Waals surface area contributed by atoms with Crippen molar-refractivity contribution in [1.29, 1.82) is 0 Å². The third kappa shape index (κ3) is 5.69. The van der Waals surface area contributed by atoms with Crippen LogP contribution in [0.2, 0.25) is 0 Å². The van der Waals surface area contributed by atoms with Gasteiger partial charge in [-0.25, -0.2) is 4.98 Å². The van der Waals surface area contributed by atoms with Crippen molar-refractivity contribution in [3.05, 3.63) is 47.8 Å². The number of anilines is 1. The zero-order valence-corrected chi connectivity index (χ0v) is 12.1. The summed E-state index contributed by atoms with van der Waals surface area (Å²) < 4.78 is 0. The van der Waals surface area contributed by atoms with Gasteiger partial charge >= 0.3 is 0 Å². The van der Waals surface area contributed by atoms with E-state index in [1.54, 1.807) is 6.20 Å². The van der Waals surface area contributed by atoms with E-state index in [2.05, 4.69) is 39.6 Å². The maximum atomic E-state index is 11.7. The molecule has 2 aromatic rings. The molecule has 0 unspecified atom stereocenters. The number of nitrogens with one attached hydrogen (secondary N) is 2. The Balaban J connectivity index is 1.53. The summed E-state index contributed by atoms with van der Waals surface area (Å²) in [5, 5.41) is 2.94. The molecule has 112 valence electrons. The molecule has 1 aromatic heterocycles. The van der Waals surface area contributed by atoms with Crippen molar-refractivity contribution >= 4 is 11.9 Å². The highest BCUT2D eigenvalue weighted by molar-refractivity contribution is 5.76. The Bertz CT molecular complexity index is 550. The molecular weight excluding hydrogens is 264 g/mol. The van der Waals surface area contributed by atoms with Gasteiger partial charge in [0, 0.05) is 18.7 Å².